The smallest absolute Gasteiger partial charge is 0.236 e. The lowest BCUT2D eigenvalue weighted by atomic mass is 9.74. The van der Waals surface area contributed by atoms with Crippen molar-refractivity contribution in [2.45, 2.75) is 63.8 Å². The highest BCUT2D eigenvalue weighted by molar-refractivity contribution is 5.81. The molecule has 1 aliphatic carbocycles. The quantitative estimate of drug-likeness (QED) is 0.823. The molecule has 2 aliphatic heterocycles. The predicted octanol–water partition coefficient (Wildman–Crippen LogP) is 1.44. The molecule has 2 unspecified atom stereocenters. The Bertz CT molecular complexity index is 492. The van der Waals surface area contributed by atoms with Gasteiger partial charge in [0.2, 0.25) is 11.8 Å². The van der Waals surface area contributed by atoms with Crippen molar-refractivity contribution in [2.75, 3.05) is 45.8 Å². The summed E-state index contributed by atoms with van der Waals surface area (Å²) in [4.78, 5) is 31.7. The van der Waals surface area contributed by atoms with E-state index in [9.17, 15) is 9.59 Å². The van der Waals surface area contributed by atoms with Crippen molar-refractivity contribution >= 4 is 11.8 Å². The zero-order valence-electron chi connectivity index (χ0n) is 16.4. The molecule has 6 heteroatoms. The molecule has 148 valence electrons. The minimum atomic E-state index is -0.366. The molecule has 2 atom stereocenters. The average Bonchev–Trinajstić information content (AvgIpc) is 2.91. The SMILES string of the molecule is CC1(N)CCCCC1C(=O)N1CCN(CC(=O)N2CCCCCC2)CC1. The lowest BCUT2D eigenvalue weighted by molar-refractivity contribution is -0.141. The van der Waals surface area contributed by atoms with Crippen LogP contribution in [0, 0.1) is 5.92 Å². The molecule has 0 radical (unpaired) electrons. The molecule has 6 nitrogen and oxygen atoms in total. The van der Waals surface area contributed by atoms with Crippen LogP contribution in [0.2, 0.25) is 0 Å². The average molecular weight is 365 g/mol. The minimum absolute atomic E-state index is 0.0402. The summed E-state index contributed by atoms with van der Waals surface area (Å²) in [6, 6.07) is 0. The van der Waals surface area contributed by atoms with E-state index in [1.54, 1.807) is 0 Å². The Kier molecular flexibility index (Phi) is 6.56. The third-order valence-corrected chi connectivity index (χ3v) is 6.55. The van der Waals surface area contributed by atoms with E-state index in [2.05, 4.69) is 4.90 Å². The molecular formula is C20H36N4O2. The van der Waals surface area contributed by atoms with E-state index in [4.69, 9.17) is 5.73 Å². The second-order valence-corrected chi connectivity index (χ2v) is 8.70. The molecule has 3 rings (SSSR count). The molecule has 1 saturated carbocycles. The maximum absolute atomic E-state index is 12.9. The van der Waals surface area contributed by atoms with Crippen molar-refractivity contribution in [1.29, 1.82) is 0 Å². The Labute approximate surface area is 158 Å². The van der Waals surface area contributed by atoms with Crippen molar-refractivity contribution in [3.05, 3.63) is 0 Å². The topological polar surface area (TPSA) is 69.9 Å². The number of likely N-dealkylation sites (tertiary alicyclic amines) is 1. The van der Waals surface area contributed by atoms with Gasteiger partial charge in [0.25, 0.3) is 0 Å². The van der Waals surface area contributed by atoms with Gasteiger partial charge in [0.1, 0.15) is 0 Å². The van der Waals surface area contributed by atoms with Crippen LogP contribution >= 0.6 is 0 Å². The van der Waals surface area contributed by atoms with Gasteiger partial charge in [-0.2, -0.15) is 0 Å². The summed E-state index contributed by atoms with van der Waals surface area (Å²) in [6.07, 6.45) is 8.84. The van der Waals surface area contributed by atoms with Gasteiger partial charge in [0, 0.05) is 44.8 Å². The Morgan fingerprint density at radius 1 is 0.885 bits per heavy atom. The lowest BCUT2D eigenvalue weighted by Gasteiger charge is -2.42. The molecule has 0 aromatic heterocycles. The number of hydrogen-bond acceptors (Lipinski definition) is 4. The number of nitrogens with zero attached hydrogens (tertiary/aromatic N) is 3. The van der Waals surface area contributed by atoms with Crippen LogP contribution in [-0.4, -0.2) is 77.9 Å². The first-order valence-corrected chi connectivity index (χ1v) is 10.6. The first-order valence-electron chi connectivity index (χ1n) is 10.6. The van der Waals surface area contributed by atoms with Crippen molar-refractivity contribution < 1.29 is 9.59 Å². The Morgan fingerprint density at radius 2 is 1.54 bits per heavy atom. The number of amides is 2. The fourth-order valence-electron chi connectivity index (χ4n) is 4.72. The normalized spacial score (nSPS) is 31.5. The zero-order valence-corrected chi connectivity index (χ0v) is 16.4. The van der Waals surface area contributed by atoms with Crippen LogP contribution in [0.15, 0.2) is 0 Å². The van der Waals surface area contributed by atoms with Crippen LogP contribution in [0.4, 0.5) is 0 Å². The summed E-state index contributed by atoms with van der Waals surface area (Å²) in [6.45, 7) is 7.38. The fraction of sp³-hybridized carbons (Fsp3) is 0.900. The molecule has 2 saturated heterocycles. The summed E-state index contributed by atoms with van der Waals surface area (Å²) in [7, 11) is 0. The van der Waals surface area contributed by atoms with E-state index < -0.39 is 0 Å². The third kappa shape index (κ3) is 4.77. The molecule has 0 bridgehead atoms. The molecule has 2 amide bonds. The number of hydrogen-bond donors (Lipinski definition) is 1. The largest absolute Gasteiger partial charge is 0.342 e. The Hall–Kier alpha value is -1.14. The summed E-state index contributed by atoms with van der Waals surface area (Å²) < 4.78 is 0. The number of carbonyl (C=O) groups excluding carboxylic acids is 2. The second kappa shape index (κ2) is 8.70. The molecule has 0 spiro atoms. The maximum Gasteiger partial charge on any atom is 0.236 e. The fourth-order valence-corrected chi connectivity index (χ4v) is 4.72. The number of nitrogens with two attached hydrogens (primary N) is 1. The van der Waals surface area contributed by atoms with Gasteiger partial charge in [-0.05, 0) is 32.6 Å². The van der Waals surface area contributed by atoms with Gasteiger partial charge < -0.3 is 15.5 Å². The summed E-state index contributed by atoms with van der Waals surface area (Å²) in [5.41, 5.74) is 6.04. The molecule has 2 N–H and O–H groups in total. The van der Waals surface area contributed by atoms with E-state index in [1.807, 2.05) is 16.7 Å². The van der Waals surface area contributed by atoms with E-state index in [-0.39, 0.29) is 23.3 Å². The van der Waals surface area contributed by atoms with E-state index in [0.717, 1.165) is 77.8 Å². The minimum Gasteiger partial charge on any atom is -0.342 e. The van der Waals surface area contributed by atoms with Gasteiger partial charge in [-0.25, -0.2) is 0 Å². The maximum atomic E-state index is 12.9. The standard InChI is InChI=1S/C20H36N4O2/c1-20(21)9-5-4-8-17(20)19(26)24-14-12-22(13-15-24)16-18(25)23-10-6-2-3-7-11-23/h17H,2-16,21H2,1H3. The van der Waals surface area contributed by atoms with E-state index in [1.165, 1.54) is 12.8 Å². The molecule has 2 heterocycles. The number of piperazine rings is 1. The highest BCUT2D eigenvalue weighted by Crippen LogP contribution is 2.33. The molecule has 3 aliphatic rings. The lowest BCUT2D eigenvalue weighted by Crippen LogP contribution is -2.57. The molecule has 0 aromatic rings. The van der Waals surface area contributed by atoms with Crippen LogP contribution < -0.4 is 5.73 Å². The summed E-state index contributed by atoms with van der Waals surface area (Å²) in [5, 5.41) is 0. The number of rotatable bonds is 3. The van der Waals surface area contributed by atoms with Gasteiger partial charge in [-0.1, -0.05) is 25.7 Å². The molecular weight excluding hydrogens is 328 g/mol. The van der Waals surface area contributed by atoms with Crippen LogP contribution in [0.3, 0.4) is 0 Å². The van der Waals surface area contributed by atoms with E-state index in [0.29, 0.717) is 6.54 Å². The van der Waals surface area contributed by atoms with Gasteiger partial charge >= 0.3 is 0 Å². The van der Waals surface area contributed by atoms with Gasteiger partial charge in [-0.15, -0.1) is 0 Å². The first kappa shape index (κ1) is 19.6. The predicted molar refractivity (Wildman–Crippen MR) is 103 cm³/mol. The van der Waals surface area contributed by atoms with Crippen molar-refractivity contribution in [3.8, 4) is 0 Å². The van der Waals surface area contributed by atoms with Crippen LogP contribution in [0.25, 0.3) is 0 Å². The summed E-state index contributed by atoms with van der Waals surface area (Å²) in [5.74, 6) is 0.447. The van der Waals surface area contributed by atoms with Gasteiger partial charge in [0.15, 0.2) is 0 Å². The third-order valence-electron chi connectivity index (χ3n) is 6.55. The highest BCUT2D eigenvalue weighted by Gasteiger charge is 2.40. The highest BCUT2D eigenvalue weighted by atomic mass is 16.2. The van der Waals surface area contributed by atoms with Gasteiger partial charge in [-0.3, -0.25) is 14.5 Å². The van der Waals surface area contributed by atoms with Crippen LogP contribution in [0.1, 0.15) is 58.3 Å². The number of carbonyl (C=O) groups is 2. The Morgan fingerprint density at radius 3 is 2.15 bits per heavy atom. The van der Waals surface area contributed by atoms with Crippen LogP contribution in [0.5, 0.6) is 0 Å². The molecule has 3 fully saturated rings. The first-order chi connectivity index (χ1) is 12.5. The van der Waals surface area contributed by atoms with Gasteiger partial charge in [0.05, 0.1) is 12.5 Å². The molecule has 26 heavy (non-hydrogen) atoms. The van der Waals surface area contributed by atoms with Crippen molar-refractivity contribution in [1.82, 2.24) is 14.7 Å². The monoisotopic (exact) mass is 364 g/mol. The summed E-state index contributed by atoms with van der Waals surface area (Å²) >= 11 is 0. The van der Waals surface area contributed by atoms with Crippen molar-refractivity contribution in [3.63, 3.8) is 0 Å². The Balaban J connectivity index is 1.46. The zero-order chi connectivity index (χ0) is 18.6. The van der Waals surface area contributed by atoms with Crippen LogP contribution in [-0.2, 0) is 9.59 Å². The second-order valence-electron chi connectivity index (χ2n) is 8.70. The van der Waals surface area contributed by atoms with Crippen molar-refractivity contribution in [2.24, 2.45) is 11.7 Å². The molecule has 0 aromatic carbocycles. The van der Waals surface area contributed by atoms with E-state index >= 15 is 0 Å².